The summed E-state index contributed by atoms with van der Waals surface area (Å²) in [5, 5.41) is 5.66. The fourth-order valence-corrected chi connectivity index (χ4v) is 3.87. The minimum Gasteiger partial charge on any atom is -0.490 e. The van der Waals surface area contributed by atoms with Gasteiger partial charge in [0.25, 0.3) is 0 Å². The van der Waals surface area contributed by atoms with Crippen molar-refractivity contribution in [2.75, 3.05) is 13.2 Å². The topological polar surface area (TPSA) is 76.7 Å². The summed E-state index contributed by atoms with van der Waals surface area (Å²) in [6.07, 6.45) is 0. The molecule has 1 atom stereocenters. The Bertz CT molecular complexity index is 957. The Morgan fingerprint density at radius 1 is 1.07 bits per heavy atom. The SMILES string of the molecule is CCOc1cc(Br)c([C@@H]2NC(=O)NC(c3ccccc3)=C2C(C)=O)cc1OCC. The molecule has 0 spiro atoms. The van der Waals surface area contributed by atoms with E-state index in [9.17, 15) is 9.59 Å². The van der Waals surface area contributed by atoms with E-state index in [2.05, 4.69) is 26.6 Å². The summed E-state index contributed by atoms with van der Waals surface area (Å²) in [5.74, 6) is 1.02. The van der Waals surface area contributed by atoms with Gasteiger partial charge in [0.1, 0.15) is 0 Å². The van der Waals surface area contributed by atoms with Crippen LogP contribution in [0.5, 0.6) is 11.5 Å². The molecule has 0 fully saturated rings. The monoisotopic (exact) mass is 458 g/mol. The van der Waals surface area contributed by atoms with Gasteiger partial charge in [0.2, 0.25) is 0 Å². The van der Waals surface area contributed by atoms with Gasteiger partial charge in [-0.05, 0) is 44.0 Å². The molecule has 1 aliphatic heterocycles. The van der Waals surface area contributed by atoms with E-state index in [4.69, 9.17) is 9.47 Å². The minimum atomic E-state index is -0.638. The number of halogens is 1. The van der Waals surface area contributed by atoms with Crippen molar-refractivity contribution in [1.29, 1.82) is 0 Å². The van der Waals surface area contributed by atoms with Gasteiger partial charge in [-0.15, -0.1) is 0 Å². The second-order valence-electron chi connectivity index (χ2n) is 6.43. The second-order valence-corrected chi connectivity index (χ2v) is 7.28. The van der Waals surface area contributed by atoms with Gasteiger partial charge < -0.3 is 20.1 Å². The normalized spacial score (nSPS) is 16.1. The Morgan fingerprint density at radius 3 is 2.28 bits per heavy atom. The fourth-order valence-electron chi connectivity index (χ4n) is 3.32. The predicted molar refractivity (Wildman–Crippen MR) is 115 cm³/mol. The van der Waals surface area contributed by atoms with Crippen molar-refractivity contribution in [3.8, 4) is 11.5 Å². The Labute approximate surface area is 178 Å². The molecule has 0 aliphatic carbocycles. The van der Waals surface area contributed by atoms with Crippen molar-refractivity contribution in [2.24, 2.45) is 0 Å². The molecule has 0 saturated heterocycles. The van der Waals surface area contributed by atoms with E-state index in [1.807, 2.05) is 44.2 Å². The number of urea groups is 1. The first kappa shape index (κ1) is 20.9. The molecule has 0 saturated carbocycles. The van der Waals surface area contributed by atoms with Gasteiger partial charge in [-0.25, -0.2) is 4.79 Å². The van der Waals surface area contributed by atoms with Crippen molar-refractivity contribution < 1.29 is 19.1 Å². The van der Waals surface area contributed by atoms with Crippen LogP contribution in [0.15, 0.2) is 52.5 Å². The van der Waals surface area contributed by atoms with Crippen LogP contribution in [0.25, 0.3) is 5.70 Å². The predicted octanol–water partition coefficient (Wildman–Crippen LogP) is 4.60. The lowest BCUT2D eigenvalue weighted by molar-refractivity contribution is -0.113. The lowest BCUT2D eigenvalue weighted by atomic mass is 9.90. The number of benzene rings is 2. The van der Waals surface area contributed by atoms with E-state index in [0.29, 0.717) is 46.0 Å². The number of carbonyl (C=O) groups is 2. The van der Waals surface area contributed by atoms with Crippen molar-refractivity contribution in [1.82, 2.24) is 10.6 Å². The number of Topliss-reactive ketones (excluding diaryl/α,β-unsaturated/α-hetero) is 1. The van der Waals surface area contributed by atoms with Crippen LogP contribution in [-0.2, 0) is 4.79 Å². The molecule has 6 nitrogen and oxygen atoms in total. The second kappa shape index (κ2) is 9.13. The summed E-state index contributed by atoms with van der Waals surface area (Å²) in [6, 6.07) is 11.9. The summed E-state index contributed by atoms with van der Waals surface area (Å²) in [7, 11) is 0. The Hall–Kier alpha value is -2.80. The Kier molecular flexibility index (Phi) is 6.59. The maximum atomic E-state index is 12.6. The average Bonchev–Trinajstić information content (AvgIpc) is 2.70. The van der Waals surface area contributed by atoms with Gasteiger partial charge in [-0.2, -0.15) is 0 Å². The molecule has 0 aromatic heterocycles. The summed E-state index contributed by atoms with van der Waals surface area (Å²) in [4.78, 5) is 25.1. The first-order chi connectivity index (χ1) is 14.0. The average molecular weight is 459 g/mol. The molecule has 0 radical (unpaired) electrons. The van der Waals surface area contributed by atoms with Crippen molar-refractivity contribution in [3.63, 3.8) is 0 Å². The molecule has 1 aliphatic rings. The van der Waals surface area contributed by atoms with Crippen molar-refractivity contribution in [3.05, 3.63) is 63.6 Å². The van der Waals surface area contributed by atoms with E-state index in [-0.39, 0.29) is 11.8 Å². The number of nitrogens with one attached hydrogen (secondary N) is 2. The van der Waals surface area contributed by atoms with Gasteiger partial charge in [0.15, 0.2) is 17.3 Å². The van der Waals surface area contributed by atoms with Crippen LogP contribution in [0, 0.1) is 0 Å². The van der Waals surface area contributed by atoms with Gasteiger partial charge in [0.05, 0.1) is 25.0 Å². The van der Waals surface area contributed by atoms with E-state index in [1.165, 1.54) is 6.92 Å². The highest BCUT2D eigenvalue weighted by atomic mass is 79.9. The Balaban J connectivity index is 2.19. The van der Waals surface area contributed by atoms with Crippen LogP contribution < -0.4 is 20.1 Å². The number of ether oxygens (including phenoxy) is 2. The molecule has 29 heavy (non-hydrogen) atoms. The van der Waals surface area contributed by atoms with Gasteiger partial charge in [0, 0.05) is 10.0 Å². The highest BCUT2D eigenvalue weighted by Crippen LogP contribution is 2.40. The van der Waals surface area contributed by atoms with Crippen LogP contribution in [0.3, 0.4) is 0 Å². The molecule has 3 rings (SSSR count). The number of hydrogen-bond acceptors (Lipinski definition) is 4. The maximum absolute atomic E-state index is 12.6. The quantitative estimate of drug-likeness (QED) is 0.635. The summed E-state index contributed by atoms with van der Waals surface area (Å²) < 4.78 is 12.1. The third kappa shape index (κ3) is 4.45. The highest BCUT2D eigenvalue weighted by molar-refractivity contribution is 9.10. The molecule has 7 heteroatoms. The molecule has 2 aromatic carbocycles. The molecular formula is C22H23BrN2O4. The zero-order valence-corrected chi connectivity index (χ0v) is 18.1. The molecule has 2 aromatic rings. The van der Waals surface area contributed by atoms with E-state index >= 15 is 0 Å². The summed E-state index contributed by atoms with van der Waals surface area (Å²) in [5.41, 5.74) is 2.46. The van der Waals surface area contributed by atoms with Crippen LogP contribution in [0.4, 0.5) is 4.79 Å². The molecular weight excluding hydrogens is 436 g/mol. The molecule has 2 amide bonds. The number of hydrogen-bond donors (Lipinski definition) is 2. The summed E-state index contributed by atoms with van der Waals surface area (Å²) in [6.45, 7) is 6.24. The molecule has 152 valence electrons. The standard InChI is InChI=1S/C22H23BrN2O4/c1-4-28-17-11-15(16(23)12-18(17)29-5-2)21-19(13(3)26)20(24-22(27)25-21)14-9-7-6-8-10-14/h6-12,21H,4-5H2,1-3H3,(H2,24,25,27)/t21-/m0/s1. The van der Waals surface area contributed by atoms with Crippen molar-refractivity contribution >= 4 is 33.4 Å². The number of carbonyl (C=O) groups excluding carboxylic acids is 2. The molecule has 0 bridgehead atoms. The number of ketones is 1. The first-order valence-corrected chi connectivity index (χ1v) is 10.2. The minimum absolute atomic E-state index is 0.139. The number of amides is 2. The van der Waals surface area contributed by atoms with E-state index < -0.39 is 6.04 Å². The maximum Gasteiger partial charge on any atom is 0.320 e. The van der Waals surface area contributed by atoms with E-state index in [0.717, 1.165) is 5.56 Å². The van der Waals surface area contributed by atoms with Gasteiger partial charge in [-0.3, -0.25) is 4.79 Å². The molecule has 2 N–H and O–H groups in total. The highest BCUT2D eigenvalue weighted by Gasteiger charge is 2.33. The van der Waals surface area contributed by atoms with Crippen molar-refractivity contribution in [2.45, 2.75) is 26.8 Å². The smallest absolute Gasteiger partial charge is 0.320 e. The molecule has 1 heterocycles. The lowest BCUT2D eigenvalue weighted by Gasteiger charge is -2.30. The third-order valence-corrected chi connectivity index (χ3v) is 5.17. The lowest BCUT2D eigenvalue weighted by Crippen LogP contribution is -2.44. The Morgan fingerprint density at radius 2 is 1.69 bits per heavy atom. The first-order valence-electron chi connectivity index (χ1n) is 9.43. The van der Waals surface area contributed by atoms with Crippen LogP contribution in [-0.4, -0.2) is 25.0 Å². The summed E-state index contributed by atoms with van der Waals surface area (Å²) >= 11 is 3.57. The zero-order valence-electron chi connectivity index (χ0n) is 16.5. The third-order valence-electron chi connectivity index (χ3n) is 4.49. The van der Waals surface area contributed by atoms with Crippen LogP contribution in [0.2, 0.25) is 0 Å². The molecule has 0 unspecified atom stereocenters. The van der Waals surface area contributed by atoms with Crippen LogP contribution in [0.1, 0.15) is 37.9 Å². The largest absolute Gasteiger partial charge is 0.490 e. The zero-order chi connectivity index (χ0) is 21.0. The fraction of sp³-hybridized carbons (Fsp3) is 0.273. The van der Waals surface area contributed by atoms with Gasteiger partial charge >= 0.3 is 6.03 Å². The number of rotatable bonds is 7. The van der Waals surface area contributed by atoms with Gasteiger partial charge in [-0.1, -0.05) is 46.3 Å². The van der Waals surface area contributed by atoms with E-state index in [1.54, 1.807) is 12.1 Å². The van der Waals surface area contributed by atoms with Crippen LogP contribution >= 0.6 is 15.9 Å².